The van der Waals surface area contributed by atoms with Crippen LogP contribution in [0, 0.1) is 13.8 Å². The first-order chi connectivity index (χ1) is 10.1. The van der Waals surface area contributed by atoms with Crippen molar-refractivity contribution in [2.24, 2.45) is 0 Å². The Morgan fingerprint density at radius 1 is 1.19 bits per heavy atom. The molecule has 1 aliphatic carbocycles. The summed E-state index contributed by atoms with van der Waals surface area (Å²) in [6.07, 6.45) is 3.92. The standard InChI is InChI=1S/C15H20N4OS/c1-10-7-8-12(9-11(10)2)19-15(16-17-18-19)21-14-6-4-3-5-13(14)20/h7-9,13-14,20H,3-6H2,1-2H3. The van der Waals surface area contributed by atoms with Crippen molar-refractivity contribution < 1.29 is 5.11 Å². The van der Waals surface area contributed by atoms with Crippen molar-refractivity contribution in [3.63, 3.8) is 0 Å². The summed E-state index contributed by atoms with van der Waals surface area (Å²) >= 11 is 1.59. The normalized spacial score (nSPS) is 22.4. The Bertz CT molecular complexity index is 628. The SMILES string of the molecule is Cc1ccc(-n2nnnc2SC2CCCCC2O)cc1C. The summed E-state index contributed by atoms with van der Waals surface area (Å²) in [5, 5.41) is 23.1. The fourth-order valence-corrected chi connectivity index (χ4v) is 3.80. The number of thioether (sulfide) groups is 1. The molecule has 3 rings (SSSR count). The summed E-state index contributed by atoms with van der Waals surface area (Å²) in [4.78, 5) is 0. The van der Waals surface area contributed by atoms with Crippen molar-refractivity contribution in [1.29, 1.82) is 0 Å². The molecule has 1 aromatic carbocycles. The van der Waals surface area contributed by atoms with Crippen molar-refractivity contribution in [2.75, 3.05) is 0 Å². The van der Waals surface area contributed by atoms with Gasteiger partial charge in [0.25, 0.3) is 0 Å². The van der Waals surface area contributed by atoms with Crippen molar-refractivity contribution in [3.05, 3.63) is 29.3 Å². The van der Waals surface area contributed by atoms with Crippen LogP contribution in [0.2, 0.25) is 0 Å². The molecule has 0 radical (unpaired) electrons. The summed E-state index contributed by atoms with van der Waals surface area (Å²) in [6.45, 7) is 4.17. The second-order valence-corrected chi connectivity index (χ2v) is 6.86. The van der Waals surface area contributed by atoms with Crippen LogP contribution < -0.4 is 0 Å². The number of rotatable bonds is 3. The van der Waals surface area contributed by atoms with Crippen molar-refractivity contribution in [1.82, 2.24) is 20.2 Å². The van der Waals surface area contributed by atoms with E-state index in [1.165, 1.54) is 17.5 Å². The Balaban J connectivity index is 1.84. The molecule has 0 spiro atoms. The summed E-state index contributed by atoms with van der Waals surface area (Å²) in [5.41, 5.74) is 3.44. The van der Waals surface area contributed by atoms with Crippen LogP contribution in [0.5, 0.6) is 0 Å². The third-order valence-corrected chi connectivity index (χ3v) is 5.42. The zero-order chi connectivity index (χ0) is 14.8. The number of tetrazole rings is 1. The number of hydrogen-bond acceptors (Lipinski definition) is 5. The highest BCUT2D eigenvalue weighted by molar-refractivity contribution is 7.99. The predicted octanol–water partition coefficient (Wildman–Crippen LogP) is 2.67. The maximum atomic E-state index is 10.1. The van der Waals surface area contributed by atoms with Gasteiger partial charge in [-0.1, -0.05) is 30.7 Å². The molecule has 6 heteroatoms. The zero-order valence-electron chi connectivity index (χ0n) is 12.4. The molecule has 1 aliphatic rings. The molecular weight excluding hydrogens is 284 g/mol. The Labute approximate surface area is 128 Å². The average molecular weight is 304 g/mol. The topological polar surface area (TPSA) is 63.8 Å². The van der Waals surface area contributed by atoms with Crippen LogP contribution in [0.3, 0.4) is 0 Å². The summed E-state index contributed by atoms with van der Waals surface area (Å²) < 4.78 is 1.76. The fourth-order valence-electron chi connectivity index (χ4n) is 2.62. The number of aryl methyl sites for hydroxylation is 2. The molecule has 112 valence electrons. The zero-order valence-corrected chi connectivity index (χ0v) is 13.2. The molecule has 0 amide bonds. The number of hydrogen-bond donors (Lipinski definition) is 1. The van der Waals surface area contributed by atoms with E-state index in [0.717, 1.165) is 30.1 Å². The van der Waals surface area contributed by atoms with Crippen LogP contribution >= 0.6 is 11.8 Å². The maximum Gasteiger partial charge on any atom is 0.214 e. The van der Waals surface area contributed by atoms with Gasteiger partial charge < -0.3 is 5.11 Å². The van der Waals surface area contributed by atoms with E-state index in [2.05, 4.69) is 41.5 Å². The molecule has 0 aliphatic heterocycles. The van der Waals surface area contributed by atoms with E-state index >= 15 is 0 Å². The van der Waals surface area contributed by atoms with Gasteiger partial charge in [-0.3, -0.25) is 0 Å². The highest BCUT2D eigenvalue weighted by Gasteiger charge is 2.26. The molecule has 2 aromatic rings. The first-order valence-corrected chi connectivity index (χ1v) is 8.24. The van der Waals surface area contributed by atoms with E-state index in [1.54, 1.807) is 16.4 Å². The van der Waals surface area contributed by atoms with Crippen molar-refractivity contribution in [3.8, 4) is 5.69 Å². The van der Waals surface area contributed by atoms with Crippen LogP contribution in [0.25, 0.3) is 5.69 Å². The predicted molar refractivity (Wildman–Crippen MR) is 82.7 cm³/mol. The second-order valence-electron chi connectivity index (χ2n) is 5.65. The molecule has 0 bridgehead atoms. The molecule has 2 atom stereocenters. The van der Waals surface area contributed by atoms with Crippen LogP contribution in [0.4, 0.5) is 0 Å². The summed E-state index contributed by atoms with van der Waals surface area (Å²) in [5.74, 6) is 0. The Morgan fingerprint density at radius 2 is 2.00 bits per heavy atom. The molecule has 5 nitrogen and oxygen atoms in total. The minimum absolute atomic E-state index is 0.190. The van der Waals surface area contributed by atoms with Gasteiger partial charge in [-0.05, 0) is 60.4 Å². The van der Waals surface area contributed by atoms with Crippen molar-refractivity contribution >= 4 is 11.8 Å². The van der Waals surface area contributed by atoms with Crippen LogP contribution in [0.1, 0.15) is 36.8 Å². The quantitative estimate of drug-likeness (QED) is 0.944. The minimum atomic E-state index is -0.256. The molecule has 1 N–H and O–H groups in total. The Kier molecular flexibility index (Phi) is 4.26. The highest BCUT2D eigenvalue weighted by atomic mass is 32.2. The van der Waals surface area contributed by atoms with E-state index < -0.39 is 0 Å². The molecule has 1 aromatic heterocycles. The average Bonchev–Trinajstić information content (AvgIpc) is 2.93. The van der Waals surface area contributed by atoms with E-state index in [4.69, 9.17) is 0 Å². The lowest BCUT2D eigenvalue weighted by Crippen LogP contribution is -2.27. The number of benzene rings is 1. The fraction of sp³-hybridized carbons (Fsp3) is 0.533. The van der Waals surface area contributed by atoms with Gasteiger partial charge in [0.2, 0.25) is 5.16 Å². The third kappa shape index (κ3) is 3.11. The Morgan fingerprint density at radius 3 is 2.76 bits per heavy atom. The third-order valence-electron chi connectivity index (χ3n) is 4.10. The summed E-state index contributed by atoms with van der Waals surface area (Å²) in [6, 6.07) is 6.20. The first-order valence-electron chi connectivity index (χ1n) is 7.36. The molecule has 1 heterocycles. The van der Waals surface area contributed by atoms with Gasteiger partial charge >= 0.3 is 0 Å². The maximum absolute atomic E-state index is 10.1. The van der Waals surface area contributed by atoms with E-state index in [0.29, 0.717) is 0 Å². The number of nitrogens with zero attached hydrogens (tertiary/aromatic N) is 4. The van der Waals surface area contributed by atoms with E-state index in [1.807, 2.05) is 6.07 Å². The van der Waals surface area contributed by atoms with Gasteiger partial charge in [0.15, 0.2) is 0 Å². The highest BCUT2D eigenvalue weighted by Crippen LogP contribution is 2.33. The van der Waals surface area contributed by atoms with Gasteiger partial charge in [0.1, 0.15) is 0 Å². The number of aliphatic hydroxyl groups excluding tert-OH is 1. The van der Waals surface area contributed by atoms with Crippen molar-refractivity contribution in [2.45, 2.75) is 56.0 Å². The van der Waals surface area contributed by atoms with E-state index in [-0.39, 0.29) is 11.4 Å². The molecule has 1 saturated carbocycles. The molecule has 2 unspecified atom stereocenters. The van der Waals surface area contributed by atoms with Gasteiger partial charge in [-0.25, -0.2) is 0 Å². The molecule has 0 saturated heterocycles. The molecular formula is C15H20N4OS. The van der Waals surface area contributed by atoms with Crippen LogP contribution in [-0.2, 0) is 0 Å². The van der Waals surface area contributed by atoms with Crippen LogP contribution in [-0.4, -0.2) is 36.7 Å². The smallest absolute Gasteiger partial charge is 0.214 e. The lowest BCUT2D eigenvalue weighted by molar-refractivity contribution is 0.137. The molecule has 21 heavy (non-hydrogen) atoms. The van der Waals surface area contributed by atoms with Crippen LogP contribution in [0.15, 0.2) is 23.4 Å². The minimum Gasteiger partial charge on any atom is -0.392 e. The Hall–Kier alpha value is -1.40. The second kappa shape index (κ2) is 6.15. The van der Waals surface area contributed by atoms with Gasteiger partial charge in [-0.15, -0.1) is 5.10 Å². The number of aliphatic hydroxyl groups is 1. The first kappa shape index (κ1) is 14.5. The van der Waals surface area contributed by atoms with Gasteiger partial charge in [0, 0.05) is 5.25 Å². The number of aromatic nitrogens is 4. The van der Waals surface area contributed by atoms with E-state index in [9.17, 15) is 5.11 Å². The van der Waals surface area contributed by atoms with Gasteiger partial charge in [-0.2, -0.15) is 4.68 Å². The largest absolute Gasteiger partial charge is 0.392 e. The lowest BCUT2D eigenvalue weighted by Gasteiger charge is -2.26. The lowest BCUT2D eigenvalue weighted by atomic mass is 9.97. The monoisotopic (exact) mass is 304 g/mol. The van der Waals surface area contributed by atoms with Gasteiger partial charge in [0.05, 0.1) is 11.8 Å². The molecule has 1 fully saturated rings. The summed E-state index contributed by atoms with van der Waals surface area (Å²) in [7, 11) is 0.